The van der Waals surface area contributed by atoms with E-state index in [1.807, 2.05) is 6.07 Å². The molecule has 3 N–H and O–H groups in total. The van der Waals surface area contributed by atoms with E-state index in [4.69, 9.17) is 22.1 Å². The predicted molar refractivity (Wildman–Crippen MR) is 110 cm³/mol. The van der Waals surface area contributed by atoms with Crippen LogP contribution in [0.2, 0.25) is 5.02 Å². The lowest BCUT2D eigenvalue weighted by Crippen LogP contribution is -2.26. The summed E-state index contributed by atoms with van der Waals surface area (Å²) in [4.78, 5) is 10.9. The molecule has 0 unspecified atom stereocenters. The third-order valence-electron chi connectivity index (χ3n) is 4.64. The van der Waals surface area contributed by atoms with Gasteiger partial charge in [-0.2, -0.15) is 0 Å². The van der Waals surface area contributed by atoms with Gasteiger partial charge in [-0.3, -0.25) is 0 Å². The number of halogens is 1. The Kier molecular flexibility index (Phi) is 4.73. The highest BCUT2D eigenvalue weighted by atomic mass is 35.5. The zero-order valence-electron chi connectivity index (χ0n) is 14.9. The van der Waals surface area contributed by atoms with Crippen molar-refractivity contribution in [3.05, 3.63) is 59.4 Å². The normalized spacial score (nSPS) is 13.2. The zero-order chi connectivity index (χ0) is 18.8. The van der Waals surface area contributed by atoms with Crippen LogP contribution in [0.1, 0.15) is 12.0 Å². The summed E-state index contributed by atoms with van der Waals surface area (Å²) in [5.41, 5.74) is 10.1. The van der Waals surface area contributed by atoms with Crippen LogP contribution in [0.15, 0.2) is 48.8 Å². The van der Waals surface area contributed by atoms with Crippen LogP contribution >= 0.6 is 11.6 Å². The lowest BCUT2D eigenvalue weighted by atomic mass is 10.0. The van der Waals surface area contributed by atoms with Gasteiger partial charge in [-0.1, -0.05) is 29.8 Å². The number of nitrogens with zero attached hydrogens (tertiary/aromatic N) is 3. The number of methoxy groups -OCH3 is 1. The summed E-state index contributed by atoms with van der Waals surface area (Å²) in [6.07, 6.45) is 3.62. The molecular formula is C20H20ClN5O. The maximum Gasteiger partial charge on any atom is 0.161 e. The van der Waals surface area contributed by atoms with Crippen molar-refractivity contribution in [2.75, 3.05) is 29.6 Å². The molecule has 0 saturated heterocycles. The summed E-state index contributed by atoms with van der Waals surface area (Å²) < 4.78 is 5.39. The van der Waals surface area contributed by atoms with Crippen LogP contribution in [0.5, 0.6) is 5.75 Å². The summed E-state index contributed by atoms with van der Waals surface area (Å²) >= 11 is 6.12. The van der Waals surface area contributed by atoms with Gasteiger partial charge in [-0.25, -0.2) is 9.97 Å². The first-order valence-electron chi connectivity index (χ1n) is 8.74. The van der Waals surface area contributed by atoms with Gasteiger partial charge in [0, 0.05) is 17.3 Å². The van der Waals surface area contributed by atoms with E-state index in [0.29, 0.717) is 33.8 Å². The Bertz CT molecular complexity index is 978. The van der Waals surface area contributed by atoms with Gasteiger partial charge in [0.1, 0.15) is 17.8 Å². The molecule has 0 atom stereocenters. The van der Waals surface area contributed by atoms with Gasteiger partial charge in [0.15, 0.2) is 11.6 Å². The molecule has 6 nitrogen and oxygen atoms in total. The first-order chi connectivity index (χ1) is 13.2. The first-order valence-corrected chi connectivity index (χ1v) is 9.11. The molecule has 4 rings (SSSR count). The molecule has 138 valence electrons. The van der Waals surface area contributed by atoms with Crippen molar-refractivity contribution in [1.82, 2.24) is 9.97 Å². The van der Waals surface area contributed by atoms with Crippen LogP contribution in [-0.2, 0) is 6.42 Å². The Morgan fingerprint density at radius 3 is 2.89 bits per heavy atom. The summed E-state index contributed by atoms with van der Waals surface area (Å²) in [6.45, 7) is 0.859. The number of aryl methyl sites for hydroxylation is 1. The second kappa shape index (κ2) is 7.32. The maximum atomic E-state index is 6.45. The van der Waals surface area contributed by atoms with E-state index in [1.54, 1.807) is 25.3 Å². The van der Waals surface area contributed by atoms with Gasteiger partial charge in [0.2, 0.25) is 0 Å². The molecule has 1 aliphatic heterocycles. The molecular weight excluding hydrogens is 362 g/mol. The third-order valence-corrected chi connectivity index (χ3v) is 4.88. The average molecular weight is 382 g/mol. The number of aromatic nitrogens is 2. The number of ether oxygens (including phenoxy) is 1. The van der Waals surface area contributed by atoms with Crippen molar-refractivity contribution >= 4 is 40.3 Å². The van der Waals surface area contributed by atoms with E-state index in [1.165, 1.54) is 11.9 Å². The number of para-hydroxylation sites is 1. The van der Waals surface area contributed by atoms with Gasteiger partial charge in [0.05, 0.1) is 12.8 Å². The number of hydrogen-bond acceptors (Lipinski definition) is 6. The van der Waals surface area contributed by atoms with E-state index in [-0.39, 0.29) is 0 Å². The van der Waals surface area contributed by atoms with Crippen molar-refractivity contribution in [2.45, 2.75) is 12.8 Å². The van der Waals surface area contributed by atoms with Crippen LogP contribution < -0.4 is 20.7 Å². The second-order valence-corrected chi connectivity index (χ2v) is 6.75. The Labute approximate surface area is 163 Å². The van der Waals surface area contributed by atoms with Crippen molar-refractivity contribution < 1.29 is 4.74 Å². The summed E-state index contributed by atoms with van der Waals surface area (Å²) in [5, 5.41) is 3.82. The number of nitrogen functional groups attached to an aromatic ring is 1. The molecule has 0 bridgehead atoms. The summed E-state index contributed by atoms with van der Waals surface area (Å²) in [5.74, 6) is 1.87. The quantitative estimate of drug-likeness (QED) is 0.690. The number of hydrogen-bond donors (Lipinski definition) is 2. The van der Waals surface area contributed by atoms with Crippen molar-refractivity contribution in [3.63, 3.8) is 0 Å². The molecule has 0 fully saturated rings. The molecule has 0 amide bonds. The summed E-state index contributed by atoms with van der Waals surface area (Å²) in [7, 11) is 1.61. The minimum Gasteiger partial charge on any atom is -0.495 e. The van der Waals surface area contributed by atoms with Crippen molar-refractivity contribution in [1.29, 1.82) is 0 Å². The Balaban J connectivity index is 1.72. The fourth-order valence-electron chi connectivity index (χ4n) is 3.36. The standard InChI is InChI=1S/C20H20ClN5O/c1-27-17-9-8-14(21)11-15(17)25-19-18(22)20(24-12-23-19)26-10-4-6-13-5-2-3-7-16(13)26/h2-3,5,7-9,11-12H,4,6,10,22H2,1H3,(H,23,24,25). The first kappa shape index (κ1) is 17.4. The maximum absolute atomic E-state index is 6.45. The monoisotopic (exact) mass is 381 g/mol. The van der Waals surface area contributed by atoms with Gasteiger partial charge in [0.25, 0.3) is 0 Å². The fraction of sp³-hybridized carbons (Fsp3) is 0.200. The van der Waals surface area contributed by atoms with Crippen LogP contribution in [0.25, 0.3) is 0 Å². The molecule has 1 aliphatic rings. The van der Waals surface area contributed by atoms with Crippen LogP contribution in [-0.4, -0.2) is 23.6 Å². The molecule has 2 heterocycles. The lowest BCUT2D eigenvalue weighted by molar-refractivity contribution is 0.417. The molecule has 7 heteroatoms. The number of nitrogens with one attached hydrogen (secondary N) is 1. The van der Waals surface area contributed by atoms with E-state index in [9.17, 15) is 0 Å². The molecule has 0 saturated carbocycles. The fourth-order valence-corrected chi connectivity index (χ4v) is 3.53. The van der Waals surface area contributed by atoms with E-state index in [2.05, 4.69) is 38.4 Å². The highest BCUT2D eigenvalue weighted by Gasteiger charge is 2.22. The number of anilines is 5. The van der Waals surface area contributed by atoms with E-state index < -0.39 is 0 Å². The largest absolute Gasteiger partial charge is 0.495 e. The average Bonchev–Trinajstić information content (AvgIpc) is 2.69. The SMILES string of the molecule is COc1ccc(Cl)cc1Nc1ncnc(N2CCCc3ccccc32)c1N. The van der Waals surface area contributed by atoms with Gasteiger partial charge in [-0.15, -0.1) is 0 Å². The summed E-state index contributed by atoms with van der Waals surface area (Å²) in [6, 6.07) is 13.7. The zero-order valence-corrected chi connectivity index (χ0v) is 15.7. The predicted octanol–water partition coefficient (Wildman–Crippen LogP) is 4.55. The Morgan fingerprint density at radius 2 is 2.04 bits per heavy atom. The van der Waals surface area contributed by atoms with Crippen LogP contribution in [0.3, 0.4) is 0 Å². The number of benzene rings is 2. The topological polar surface area (TPSA) is 76.3 Å². The Morgan fingerprint density at radius 1 is 1.19 bits per heavy atom. The molecule has 2 aromatic carbocycles. The van der Waals surface area contributed by atoms with Gasteiger partial charge >= 0.3 is 0 Å². The molecule has 27 heavy (non-hydrogen) atoms. The van der Waals surface area contributed by atoms with E-state index >= 15 is 0 Å². The van der Waals surface area contributed by atoms with Gasteiger partial charge in [-0.05, 0) is 42.7 Å². The molecule has 3 aromatic rings. The minimum atomic E-state index is 0.483. The minimum absolute atomic E-state index is 0.483. The number of nitrogens with two attached hydrogens (primary N) is 1. The van der Waals surface area contributed by atoms with Crippen molar-refractivity contribution in [2.24, 2.45) is 0 Å². The highest BCUT2D eigenvalue weighted by Crippen LogP contribution is 2.38. The van der Waals surface area contributed by atoms with Gasteiger partial charge < -0.3 is 20.7 Å². The molecule has 1 aromatic heterocycles. The van der Waals surface area contributed by atoms with E-state index in [0.717, 1.165) is 25.1 Å². The smallest absolute Gasteiger partial charge is 0.161 e. The lowest BCUT2D eigenvalue weighted by Gasteiger charge is -2.31. The van der Waals surface area contributed by atoms with Crippen LogP contribution in [0, 0.1) is 0 Å². The van der Waals surface area contributed by atoms with Crippen LogP contribution in [0.4, 0.5) is 28.7 Å². The second-order valence-electron chi connectivity index (χ2n) is 6.31. The molecule has 0 spiro atoms. The molecule has 0 radical (unpaired) electrons. The number of rotatable bonds is 4. The number of fused-ring (bicyclic) bond motifs is 1. The third kappa shape index (κ3) is 3.36. The Hall–Kier alpha value is -2.99. The molecule has 0 aliphatic carbocycles. The van der Waals surface area contributed by atoms with Crippen molar-refractivity contribution in [3.8, 4) is 5.75 Å². The highest BCUT2D eigenvalue weighted by molar-refractivity contribution is 6.31.